The molecule has 0 aromatic carbocycles. The normalized spacial score (nSPS) is 33.1. The van der Waals surface area contributed by atoms with Crippen molar-refractivity contribution in [2.45, 2.75) is 45.3 Å². The van der Waals surface area contributed by atoms with Gasteiger partial charge in [0, 0.05) is 6.04 Å². The number of hydrogen-bond acceptors (Lipinski definition) is 2. The van der Waals surface area contributed by atoms with Crippen LogP contribution in [0.3, 0.4) is 0 Å². The van der Waals surface area contributed by atoms with E-state index in [1.54, 1.807) is 0 Å². The largest absolute Gasteiger partial charge is 0.444 e. The van der Waals surface area contributed by atoms with Gasteiger partial charge in [-0.2, -0.15) is 0 Å². The van der Waals surface area contributed by atoms with Crippen molar-refractivity contribution in [2.24, 2.45) is 11.8 Å². The molecule has 3 nitrogen and oxygen atoms in total. The van der Waals surface area contributed by atoms with Crippen molar-refractivity contribution in [3.8, 4) is 0 Å². The number of rotatable bonds is 1. The average Bonchev–Trinajstić information content (AvgIpc) is 2.60. The smallest absolute Gasteiger partial charge is 0.407 e. The Labute approximate surface area is 90.9 Å². The van der Waals surface area contributed by atoms with E-state index in [-0.39, 0.29) is 12.1 Å². The lowest BCUT2D eigenvalue weighted by molar-refractivity contribution is 0.0497. The van der Waals surface area contributed by atoms with E-state index in [9.17, 15) is 4.79 Å². The minimum atomic E-state index is -0.405. The van der Waals surface area contributed by atoms with Gasteiger partial charge in [0.25, 0.3) is 0 Å². The van der Waals surface area contributed by atoms with Crippen LogP contribution < -0.4 is 5.32 Å². The van der Waals surface area contributed by atoms with Gasteiger partial charge in [-0.25, -0.2) is 4.79 Å². The lowest BCUT2D eigenvalue weighted by atomic mass is 10.0. The van der Waals surface area contributed by atoms with E-state index in [0.29, 0.717) is 11.8 Å². The van der Waals surface area contributed by atoms with Crippen LogP contribution in [-0.4, -0.2) is 17.7 Å². The van der Waals surface area contributed by atoms with E-state index in [0.717, 1.165) is 6.42 Å². The van der Waals surface area contributed by atoms with Crippen LogP contribution in [0.4, 0.5) is 4.79 Å². The Bertz CT molecular complexity index is 290. The number of amides is 1. The Morgan fingerprint density at radius 3 is 2.53 bits per heavy atom. The van der Waals surface area contributed by atoms with Crippen LogP contribution in [-0.2, 0) is 4.74 Å². The maximum atomic E-state index is 11.5. The molecule has 1 fully saturated rings. The van der Waals surface area contributed by atoms with Crippen LogP contribution >= 0.6 is 0 Å². The minimum absolute atomic E-state index is 0.284. The standard InChI is InChI=1S/C12H19NO2/c1-12(2,3)15-11(14)13-10-7-8-4-5-9(10)6-8/h4-5,8-10H,6-7H2,1-3H3,(H,13,14)/t8-,9+,10-/m1/s1. The number of carbonyl (C=O) groups is 1. The van der Waals surface area contributed by atoms with Gasteiger partial charge in [-0.1, -0.05) is 12.2 Å². The molecule has 84 valence electrons. The zero-order valence-corrected chi connectivity index (χ0v) is 9.62. The molecule has 2 aliphatic carbocycles. The second-order valence-corrected chi connectivity index (χ2v) is 5.53. The fourth-order valence-electron chi connectivity index (χ4n) is 2.41. The van der Waals surface area contributed by atoms with Crippen LogP contribution in [0.25, 0.3) is 0 Å². The first kappa shape index (κ1) is 10.5. The summed E-state index contributed by atoms with van der Waals surface area (Å²) >= 11 is 0. The van der Waals surface area contributed by atoms with Crippen molar-refractivity contribution < 1.29 is 9.53 Å². The number of ether oxygens (including phenoxy) is 1. The minimum Gasteiger partial charge on any atom is -0.444 e. The fourth-order valence-corrected chi connectivity index (χ4v) is 2.41. The number of fused-ring (bicyclic) bond motifs is 2. The molecule has 2 bridgehead atoms. The lowest BCUT2D eigenvalue weighted by Crippen LogP contribution is -2.41. The molecule has 2 aliphatic rings. The molecule has 1 amide bonds. The molecular weight excluding hydrogens is 190 g/mol. The zero-order chi connectivity index (χ0) is 11.1. The summed E-state index contributed by atoms with van der Waals surface area (Å²) in [5, 5.41) is 2.95. The summed E-state index contributed by atoms with van der Waals surface area (Å²) in [5.41, 5.74) is -0.405. The Kier molecular flexibility index (Phi) is 2.49. The molecule has 3 atom stereocenters. The molecular formula is C12H19NO2. The first-order valence-electron chi connectivity index (χ1n) is 5.62. The topological polar surface area (TPSA) is 38.3 Å². The van der Waals surface area contributed by atoms with Gasteiger partial charge in [-0.15, -0.1) is 0 Å². The summed E-state index contributed by atoms with van der Waals surface area (Å²) in [7, 11) is 0. The molecule has 15 heavy (non-hydrogen) atoms. The van der Waals surface area contributed by atoms with E-state index >= 15 is 0 Å². The Morgan fingerprint density at radius 2 is 2.07 bits per heavy atom. The molecule has 0 aromatic rings. The number of allylic oxidation sites excluding steroid dienone is 1. The molecule has 0 unspecified atom stereocenters. The van der Waals surface area contributed by atoms with Crippen molar-refractivity contribution in [3.63, 3.8) is 0 Å². The van der Waals surface area contributed by atoms with Crippen LogP contribution in [0.15, 0.2) is 12.2 Å². The molecule has 0 radical (unpaired) electrons. The highest BCUT2D eigenvalue weighted by atomic mass is 16.6. The summed E-state index contributed by atoms with van der Waals surface area (Å²) in [5.74, 6) is 1.21. The van der Waals surface area contributed by atoms with Crippen molar-refractivity contribution >= 4 is 6.09 Å². The number of alkyl carbamates (subject to hydrolysis) is 1. The van der Waals surface area contributed by atoms with Gasteiger partial charge in [-0.05, 0) is 45.4 Å². The summed E-state index contributed by atoms with van der Waals surface area (Å²) < 4.78 is 5.23. The Balaban J connectivity index is 1.83. The molecule has 0 heterocycles. The van der Waals surface area contributed by atoms with Crippen LogP contribution in [0, 0.1) is 11.8 Å². The predicted octanol–water partition coefficient (Wildman–Crippen LogP) is 2.48. The third kappa shape index (κ3) is 2.52. The average molecular weight is 209 g/mol. The SMILES string of the molecule is CC(C)(C)OC(=O)N[C@@H]1C[C@@H]2C=C[C@H]1C2. The molecule has 2 rings (SSSR count). The molecule has 0 spiro atoms. The van der Waals surface area contributed by atoms with Gasteiger partial charge in [0.15, 0.2) is 0 Å². The van der Waals surface area contributed by atoms with Gasteiger partial charge >= 0.3 is 6.09 Å². The van der Waals surface area contributed by atoms with Crippen LogP contribution in [0.5, 0.6) is 0 Å². The van der Waals surface area contributed by atoms with Crippen molar-refractivity contribution in [2.75, 3.05) is 0 Å². The first-order valence-corrected chi connectivity index (χ1v) is 5.62. The highest BCUT2D eigenvalue weighted by Crippen LogP contribution is 2.38. The molecule has 0 saturated heterocycles. The highest BCUT2D eigenvalue weighted by molar-refractivity contribution is 5.68. The van der Waals surface area contributed by atoms with E-state index < -0.39 is 5.60 Å². The maximum Gasteiger partial charge on any atom is 0.407 e. The predicted molar refractivity (Wildman–Crippen MR) is 58.5 cm³/mol. The van der Waals surface area contributed by atoms with Gasteiger partial charge < -0.3 is 10.1 Å². The summed E-state index contributed by atoms with van der Waals surface area (Å²) in [6.07, 6.45) is 6.46. The monoisotopic (exact) mass is 209 g/mol. The quantitative estimate of drug-likeness (QED) is 0.674. The van der Waals surface area contributed by atoms with Crippen molar-refractivity contribution in [1.82, 2.24) is 5.32 Å². The van der Waals surface area contributed by atoms with Crippen LogP contribution in [0.1, 0.15) is 33.6 Å². The van der Waals surface area contributed by atoms with Crippen molar-refractivity contribution in [1.29, 1.82) is 0 Å². The molecule has 3 heteroatoms. The zero-order valence-electron chi connectivity index (χ0n) is 9.62. The summed E-state index contributed by atoms with van der Waals surface area (Å²) in [4.78, 5) is 11.5. The fraction of sp³-hybridized carbons (Fsp3) is 0.750. The van der Waals surface area contributed by atoms with E-state index in [2.05, 4.69) is 17.5 Å². The second-order valence-electron chi connectivity index (χ2n) is 5.53. The Hall–Kier alpha value is -0.990. The van der Waals surface area contributed by atoms with Gasteiger partial charge in [0.05, 0.1) is 0 Å². The van der Waals surface area contributed by atoms with Gasteiger partial charge in [0.1, 0.15) is 5.60 Å². The summed E-state index contributed by atoms with van der Waals surface area (Å²) in [6.45, 7) is 5.65. The van der Waals surface area contributed by atoms with E-state index in [1.165, 1.54) is 6.42 Å². The maximum absolute atomic E-state index is 11.5. The van der Waals surface area contributed by atoms with E-state index in [4.69, 9.17) is 4.74 Å². The molecule has 0 aliphatic heterocycles. The van der Waals surface area contributed by atoms with Gasteiger partial charge in [-0.3, -0.25) is 0 Å². The molecule has 1 N–H and O–H groups in total. The van der Waals surface area contributed by atoms with E-state index in [1.807, 2.05) is 20.8 Å². The summed E-state index contributed by atoms with van der Waals surface area (Å²) in [6, 6.07) is 0.287. The number of hydrogen-bond donors (Lipinski definition) is 1. The van der Waals surface area contributed by atoms with Crippen LogP contribution in [0.2, 0.25) is 0 Å². The third-order valence-corrected chi connectivity index (χ3v) is 2.98. The Morgan fingerprint density at radius 1 is 1.33 bits per heavy atom. The second kappa shape index (κ2) is 3.54. The lowest BCUT2D eigenvalue weighted by Gasteiger charge is -2.24. The third-order valence-electron chi connectivity index (χ3n) is 2.98. The highest BCUT2D eigenvalue weighted by Gasteiger charge is 2.37. The van der Waals surface area contributed by atoms with Crippen molar-refractivity contribution in [3.05, 3.63) is 12.2 Å². The van der Waals surface area contributed by atoms with Gasteiger partial charge in [0.2, 0.25) is 0 Å². The first-order chi connectivity index (χ1) is 6.94. The number of carbonyl (C=O) groups excluding carboxylic acids is 1. The molecule has 0 aromatic heterocycles. The molecule has 1 saturated carbocycles. The number of nitrogens with one attached hydrogen (secondary N) is 1.